The number of carbonyl (C=O) groups excluding carboxylic acids is 1. The molecule has 0 spiro atoms. The van der Waals surface area contributed by atoms with Gasteiger partial charge in [-0.1, -0.05) is 40.2 Å². The number of carbonyl (C=O) groups is 1. The maximum Gasteiger partial charge on any atom is 0.450 e. The van der Waals surface area contributed by atoms with Crippen LogP contribution in [0.25, 0.3) is 22.1 Å². The molecule has 0 amide bonds. The number of rotatable bonds is 4. The number of para-hydroxylation sites is 1. The molecule has 3 aromatic carbocycles. The van der Waals surface area contributed by atoms with Crippen LogP contribution in [0.1, 0.15) is 16.1 Å². The summed E-state index contributed by atoms with van der Waals surface area (Å²) >= 11 is 3.21. The SMILES string of the molecule is COc1ccccc1C(=O)Oc1ccc2c(=O)c(-c3ccc(Br)cc3)c(C(F)(F)F)oc2c1. The zero-order valence-corrected chi connectivity index (χ0v) is 18.5. The van der Waals surface area contributed by atoms with E-state index in [0.717, 1.165) is 6.07 Å². The summed E-state index contributed by atoms with van der Waals surface area (Å²) in [6.45, 7) is 0. The average molecular weight is 519 g/mol. The van der Waals surface area contributed by atoms with Crippen LogP contribution in [0.5, 0.6) is 11.5 Å². The van der Waals surface area contributed by atoms with Gasteiger partial charge in [0.25, 0.3) is 0 Å². The quantitative estimate of drug-likeness (QED) is 0.229. The molecule has 0 unspecified atom stereocenters. The number of esters is 1. The molecule has 33 heavy (non-hydrogen) atoms. The third kappa shape index (κ3) is 4.49. The Hall–Kier alpha value is -3.59. The Morgan fingerprint density at radius 3 is 2.36 bits per heavy atom. The number of methoxy groups -OCH3 is 1. The topological polar surface area (TPSA) is 65.7 Å². The van der Waals surface area contributed by atoms with Crippen LogP contribution in [-0.4, -0.2) is 13.1 Å². The van der Waals surface area contributed by atoms with E-state index in [1.165, 1.54) is 49.6 Å². The van der Waals surface area contributed by atoms with Crippen LogP contribution in [0.3, 0.4) is 0 Å². The summed E-state index contributed by atoms with van der Waals surface area (Å²) in [7, 11) is 1.39. The van der Waals surface area contributed by atoms with Gasteiger partial charge in [0.2, 0.25) is 11.2 Å². The number of fused-ring (bicyclic) bond motifs is 1. The third-order valence-corrected chi connectivity index (χ3v) is 5.32. The van der Waals surface area contributed by atoms with Gasteiger partial charge in [-0.05, 0) is 42.0 Å². The Bertz CT molecular complexity index is 1410. The lowest BCUT2D eigenvalue weighted by Crippen LogP contribution is -2.16. The summed E-state index contributed by atoms with van der Waals surface area (Å²) in [5, 5.41) is -0.0852. The average Bonchev–Trinajstić information content (AvgIpc) is 2.79. The largest absolute Gasteiger partial charge is 0.496 e. The van der Waals surface area contributed by atoms with Crippen LogP contribution < -0.4 is 14.9 Å². The lowest BCUT2D eigenvalue weighted by atomic mass is 10.0. The Kier molecular flexibility index (Phi) is 5.99. The highest BCUT2D eigenvalue weighted by Crippen LogP contribution is 2.38. The van der Waals surface area contributed by atoms with Gasteiger partial charge in [0.1, 0.15) is 22.6 Å². The minimum absolute atomic E-state index is 0.0628. The van der Waals surface area contributed by atoms with Crippen LogP contribution in [0.2, 0.25) is 0 Å². The number of halogens is 4. The molecule has 0 saturated heterocycles. The van der Waals surface area contributed by atoms with Crippen LogP contribution in [0.4, 0.5) is 13.2 Å². The lowest BCUT2D eigenvalue weighted by Gasteiger charge is -2.13. The van der Waals surface area contributed by atoms with Gasteiger partial charge in [0.05, 0.1) is 18.1 Å². The van der Waals surface area contributed by atoms with Gasteiger partial charge < -0.3 is 13.9 Å². The molecule has 5 nitrogen and oxygen atoms in total. The number of benzene rings is 3. The molecule has 0 aliphatic rings. The summed E-state index contributed by atoms with van der Waals surface area (Å²) in [5.41, 5.74) is -1.62. The second-order valence-corrected chi connectivity index (χ2v) is 7.80. The van der Waals surface area contributed by atoms with Crippen molar-refractivity contribution in [2.45, 2.75) is 6.18 Å². The molecule has 0 fully saturated rings. The standard InChI is InChI=1S/C24H14BrF3O5/c1-31-18-5-3-2-4-17(18)23(30)32-15-10-11-16-19(12-15)33-22(24(26,27)28)20(21(16)29)13-6-8-14(25)9-7-13/h2-12H,1H3. The molecule has 4 rings (SSSR count). The molecule has 1 heterocycles. The van der Waals surface area contributed by atoms with Gasteiger partial charge in [-0.2, -0.15) is 13.2 Å². The molecule has 0 N–H and O–H groups in total. The maximum absolute atomic E-state index is 13.8. The molecular formula is C24H14BrF3O5. The first-order chi connectivity index (χ1) is 15.7. The van der Waals surface area contributed by atoms with E-state index in [4.69, 9.17) is 13.9 Å². The first-order valence-corrected chi connectivity index (χ1v) is 10.3. The molecule has 1 aromatic heterocycles. The molecule has 0 radical (unpaired) electrons. The molecule has 0 bridgehead atoms. The molecule has 168 valence electrons. The molecule has 4 aromatic rings. The predicted octanol–water partition coefficient (Wildman–Crippen LogP) is 6.47. The Morgan fingerprint density at radius 2 is 1.70 bits per heavy atom. The summed E-state index contributed by atoms with van der Waals surface area (Å²) in [5.74, 6) is -2.04. The van der Waals surface area contributed by atoms with Crippen LogP contribution in [0, 0.1) is 0 Å². The predicted molar refractivity (Wildman–Crippen MR) is 119 cm³/mol. The van der Waals surface area contributed by atoms with E-state index in [1.807, 2.05) is 0 Å². The zero-order chi connectivity index (χ0) is 23.8. The molecule has 0 aliphatic heterocycles. The van der Waals surface area contributed by atoms with E-state index >= 15 is 0 Å². The second kappa shape index (κ2) is 8.74. The van der Waals surface area contributed by atoms with E-state index in [-0.39, 0.29) is 33.6 Å². The fourth-order valence-electron chi connectivity index (χ4n) is 3.29. The summed E-state index contributed by atoms with van der Waals surface area (Å²) in [4.78, 5) is 25.5. The molecule has 0 atom stereocenters. The first kappa shape index (κ1) is 22.6. The monoisotopic (exact) mass is 518 g/mol. The van der Waals surface area contributed by atoms with Gasteiger partial charge in [0, 0.05) is 10.5 Å². The van der Waals surface area contributed by atoms with Crippen molar-refractivity contribution in [2.24, 2.45) is 0 Å². The van der Waals surface area contributed by atoms with E-state index < -0.39 is 28.9 Å². The van der Waals surface area contributed by atoms with Crippen molar-refractivity contribution in [3.8, 4) is 22.6 Å². The lowest BCUT2D eigenvalue weighted by molar-refractivity contribution is -0.152. The van der Waals surface area contributed by atoms with Gasteiger partial charge in [-0.25, -0.2) is 4.79 Å². The van der Waals surface area contributed by atoms with Gasteiger partial charge >= 0.3 is 12.1 Å². The smallest absolute Gasteiger partial charge is 0.450 e. The first-order valence-electron chi connectivity index (χ1n) is 9.48. The molecular weight excluding hydrogens is 505 g/mol. The molecule has 0 aliphatic carbocycles. The number of ether oxygens (including phenoxy) is 2. The van der Waals surface area contributed by atoms with E-state index in [1.54, 1.807) is 18.2 Å². The van der Waals surface area contributed by atoms with Crippen LogP contribution >= 0.6 is 15.9 Å². The highest BCUT2D eigenvalue weighted by molar-refractivity contribution is 9.10. The Labute approximate surface area is 193 Å². The summed E-state index contributed by atoms with van der Waals surface area (Å²) < 4.78 is 57.6. The van der Waals surface area contributed by atoms with Crippen molar-refractivity contribution in [3.05, 3.63) is 92.7 Å². The van der Waals surface area contributed by atoms with Crippen molar-refractivity contribution in [2.75, 3.05) is 7.11 Å². The van der Waals surface area contributed by atoms with Crippen molar-refractivity contribution >= 4 is 32.9 Å². The Morgan fingerprint density at radius 1 is 1.00 bits per heavy atom. The van der Waals surface area contributed by atoms with Crippen molar-refractivity contribution in [1.82, 2.24) is 0 Å². The fourth-order valence-corrected chi connectivity index (χ4v) is 3.55. The highest BCUT2D eigenvalue weighted by atomic mass is 79.9. The van der Waals surface area contributed by atoms with E-state index in [9.17, 15) is 22.8 Å². The maximum atomic E-state index is 13.8. The normalized spacial score (nSPS) is 11.4. The minimum Gasteiger partial charge on any atom is -0.496 e. The number of hydrogen-bond acceptors (Lipinski definition) is 5. The number of hydrogen-bond donors (Lipinski definition) is 0. The molecule has 0 saturated carbocycles. The van der Waals surface area contributed by atoms with Crippen LogP contribution in [-0.2, 0) is 6.18 Å². The van der Waals surface area contributed by atoms with Crippen molar-refractivity contribution < 1.29 is 31.9 Å². The van der Waals surface area contributed by atoms with E-state index in [2.05, 4.69) is 15.9 Å². The molecule has 9 heteroatoms. The fraction of sp³-hybridized carbons (Fsp3) is 0.0833. The third-order valence-electron chi connectivity index (χ3n) is 4.79. The van der Waals surface area contributed by atoms with Gasteiger partial charge in [0.15, 0.2) is 0 Å². The minimum atomic E-state index is -4.93. The summed E-state index contributed by atoms with van der Waals surface area (Å²) in [6.07, 6.45) is -4.93. The Balaban J connectivity index is 1.81. The second-order valence-electron chi connectivity index (χ2n) is 6.89. The number of alkyl halides is 3. The summed E-state index contributed by atoms with van der Waals surface area (Å²) in [6, 6.07) is 15.8. The van der Waals surface area contributed by atoms with Crippen molar-refractivity contribution in [1.29, 1.82) is 0 Å². The zero-order valence-electron chi connectivity index (χ0n) is 16.9. The van der Waals surface area contributed by atoms with Crippen LogP contribution in [0.15, 0.2) is 80.4 Å². The van der Waals surface area contributed by atoms with E-state index in [0.29, 0.717) is 4.47 Å². The highest BCUT2D eigenvalue weighted by Gasteiger charge is 2.39. The van der Waals surface area contributed by atoms with Crippen molar-refractivity contribution in [3.63, 3.8) is 0 Å². The van der Waals surface area contributed by atoms with Gasteiger partial charge in [-0.3, -0.25) is 4.79 Å². The van der Waals surface area contributed by atoms with Gasteiger partial charge in [-0.15, -0.1) is 0 Å².